The van der Waals surface area contributed by atoms with Gasteiger partial charge in [0.05, 0.1) is 6.61 Å². The fourth-order valence-corrected chi connectivity index (χ4v) is 4.35. The maximum atomic E-state index is 9.96. The highest BCUT2D eigenvalue weighted by molar-refractivity contribution is 4.96. The average Bonchev–Trinajstić information content (AvgIpc) is 2.39. The van der Waals surface area contributed by atoms with Crippen molar-refractivity contribution >= 4 is 0 Å². The van der Waals surface area contributed by atoms with Crippen molar-refractivity contribution < 1.29 is 5.11 Å². The van der Waals surface area contributed by atoms with Crippen LogP contribution in [0.5, 0.6) is 0 Å². The third kappa shape index (κ3) is 4.46. The molecule has 2 saturated carbocycles. The molecule has 2 aliphatic rings. The van der Waals surface area contributed by atoms with E-state index in [1.54, 1.807) is 0 Å². The van der Waals surface area contributed by atoms with Crippen molar-refractivity contribution in [3.8, 4) is 0 Å². The summed E-state index contributed by atoms with van der Waals surface area (Å²) in [6, 6.07) is 0.665. The van der Waals surface area contributed by atoms with Crippen molar-refractivity contribution in [1.29, 1.82) is 0 Å². The molecule has 2 aliphatic carbocycles. The molecule has 0 spiro atoms. The maximum Gasteiger partial charge on any atom is 0.0613 e. The van der Waals surface area contributed by atoms with Gasteiger partial charge in [0.1, 0.15) is 0 Å². The lowest BCUT2D eigenvalue weighted by Crippen LogP contribution is -2.56. The van der Waals surface area contributed by atoms with E-state index in [0.717, 1.165) is 11.8 Å². The molecular formula is C17H33NO. The number of hydrogen-bond donors (Lipinski definition) is 2. The Balaban J connectivity index is 1.91. The van der Waals surface area contributed by atoms with Crippen LogP contribution < -0.4 is 5.32 Å². The molecule has 0 radical (unpaired) electrons. The zero-order valence-electron chi connectivity index (χ0n) is 13.0. The minimum Gasteiger partial charge on any atom is -0.394 e. The predicted molar refractivity (Wildman–Crippen MR) is 81.2 cm³/mol. The summed E-state index contributed by atoms with van der Waals surface area (Å²) in [5.74, 6) is 1.60. The highest BCUT2D eigenvalue weighted by Gasteiger charge is 2.37. The van der Waals surface area contributed by atoms with E-state index >= 15 is 0 Å². The van der Waals surface area contributed by atoms with Gasteiger partial charge in [0.2, 0.25) is 0 Å². The Hall–Kier alpha value is -0.0800. The molecule has 2 fully saturated rings. The van der Waals surface area contributed by atoms with E-state index in [1.165, 1.54) is 64.2 Å². The van der Waals surface area contributed by atoms with Gasteiger partial charge in [-0.15, -0.1) is 0 Å². The van der Waals surface area contributed by atoms with Gasteiger partial charge in [-0.2, -0.15) is 0 Å². The van der Waals surface area contributed by atoms with E-state index in [-0.39, 0.29) is 5.54 Å². The molecule has 0 heterocycles. The van der Waals surface area contributed by atoms with Crippen molar-refractivity contribution in [2.45, 2.75) is 89.6 Å². The highest BCUT2D eigenvalue weighted by atomic mass is 16.3. The normalized spacial score (nSPS) is 33.8. The fraction of sp³-hybridized carbons (Fsp3) is 1.00. The lowest BCUT2D eigenvalue weighted by atomic mass is 9.72. The van der Waals surface area contributed by atoms with Crippen LogP contribution in [0.15, 0.2) is 0 Å². The van der Waals surface area contributed by atoms with Crippen molar-refractivity contribution in [3.05, 3.63) is 0 Å². The Morgan fingerprint density at radius 2 is 1.84 bits per heavy atom. The van der Waals surface area contributed by atoms with Gasteiger partial charge in [0.25, 0.3) is 0 Å². The smallest absolute Gasteiger partial charge is 0.0613 e. The van der Waals surface area contributed by atoms with Crippen molar-refractivity contribution in [2.24, 2.45) is 11.8 Å². The van der Waals surface area contributed by atoms with Crippen LogP contribution in [-0.2, 0) is 0 Å². The number of rotatable bonds is 5. The van der Waals surface area contributed by atoms with Gasteiger partial charge < -0.3 is 10.4 Å². The summed E-state index contributed by atoms with van der Waals surface area (Å²) in [7, 11) is 0. The largest absolute Gasteiger partial charge is 0.394 e. The van der Waals surface area contributed by atoms with Crippen molar-refractivity contribution in [1.82, 2.24) is 5.32 Å². The second-order valence-electron chi connectivity index (χ2n) is 7.51. The van der Waals surface area contributed by atoms with E-state index in [2.05, 4.69) is 19.2 Å². The molecule has 2 atom stereocenters. The molecule has 2 N–H and O–H groups in total. The molecule has 0 saturated heterocycles. The zero-order chi connectivity index (χ0) is 13.7. The maximum absolute atomic E-state index is 9.96. The SMILES string of the molecule is CC(C)CC1CCCC(CO)(NC2CCCCC2)C1. The second kappa shape index (κ2) is 7.08. The molecule has 19 heavy (non-hydrogen) atoms. The molecule has 2 nitrogen and oxygen atoms in total. The number of aliphatic hydroxyl groups is 1. The Labute approximate surface area is 119 Å². The molecule has 0 amide bonds. The second-order valence-corrected chi connectivity index (χ2v) is 7.51. The first-order valence-electron chi connectivity index (χ1n) is 8.52. The third-order valence-corrected chi connectivity index (χ3v) is 5.17. The molecule has 2 unspecified atom stereocenters. The fourth-order valence-electron chi connectivity index (χ4n) is 4.35. The van der Waals surface area contributed by atoms with Gasteiger partial charge in [0, 0.05) is 11.6 Å². The van der Waals surface area contributed by atoms with Gasteiger partial charge >= 0.3 is 0 Å². The molecule has 0 aromatic carbocycles. The molecule has 2 rings (SSSR count). The van der Waals surface area contributed by atoms with Crippen LogP contribution in [0.4, 0.5) is 0 Å². The minimum absolute atomic E-state index is 0.0415. The van der Waals surface area contributed by atoms with Crippen LogP contribution in [0.1, 0.15) is 78.1 Å². The molecule has 0 aromatic heterocycles. The monoisotopic (exact) mass is 267 g/mol. The molecular weight excluding hydrogens is 234 g/mol. The summed E-state index contributed by atoms with van der Waals surface area (Å²) < 4.78 is 0. The third-order valence-electron chi connectivity index (χ3n) is 5.17. The number of hydrogen-bond acceptors (Lipinski definition) is 2. The first-order valence-corrected chi connectivity index (χ1v) is 8.52. The van der Waals surface area contributed by atoms with Crippen LogP contribution in [-0.4, -0.2) is 23.3 Å². The molecule has 0 aromatic rings. The lowest BCUT2D eigenvalue weighted by Gasteiger charge is -2.44. The number of aliphatic hydroxyl groups excluding tert-OH is 1. The van der Waals surface area contributed by atoms with E-state index < -0.39 is 0 Å². The summed E-state index contributed by atoms with van der Waals surface area (Å²) in [6.45, 7) is 4.98. The Kier molecular flexibility index (Phi) is 5.70. The average molecular weight is 267 g/mol. The summed E-state index contributed by atoms with van der Waals surface area (Å²) >= 11 is 0. The topological polar surface area (TPSA) is 32.3 Å². The predicted octanol–water partition coefficient (Wildman–Crippen LogP) is 3.88. The van der Waals surface area contributed by atoms with Crippen LogP contribution in [0.25, 0.3) is 0 Å². The van der Waals surface area contributed by atoms with E-state index in [1.807, 2.05) is 0 Å². The quantitative estimate of drug-likeness (QED) is 0.792. The van der Waals surface area contributed by atoms with Crippen LogP contribution in [0.3, 0.4) is 0 Å². The first kappa shape index (κ1) is 15.3. The Bertz CT molecular complexity index is 260. The zero-order valence-corrected chi connectivity index (χ0v) is 13.0. The summed E-state index contributed by atoms with van der Waals surface area (Å²) in [6.07, 6.45) is 13.1. The Morgan fingerprint density at radius 1 is 1.11 bits per heavy atom. The molecule has 112 valence electrons. The molecule has 2 heteroatoms. The van der Waals surface area contributed by atoms with Gasteiger partial charge in [-0.05, 0) is 43.9 Å². The van der Waals surface area contributed by atoms with E-state index in [4.69, 9.17) is 0 Å². The number of nitrogens with one attached hydrogen (secondary N) is 1. The van der Waals surface area contributed by atoms with Gasteiger partial charge in [-0.1, -0.05) is 46.0 Å². The van der Waals surface area contributed by atoms with Gasteiger partial charge in [0.15, 0.2) is 0 Å². The van der Waals surface area contributed by atoms with Crippen LogP contribution >= 0.6 is 0 Å². The van der Waals surface area contributed by atoms with Gasteiger partial charge in [-0.25, -0.2) is 0 Å². The Morgan fingerprint density at radius 3 is 2.47 bits per heavy atom. The summed E-state index contributed by atoms with van der Waals surface area (Å²) in [5, 5.41) is 13.8. The lowest BCUT2D eigenvalue weighted by molar-refractivity contribution is 0.0729. The molecule has 0 bridgehead atoms. The first-order chi connectivity index (χ1) is 9.13. The summed E-state index contributed by atoms with van der Waals surface area (Å²) in [5.41, 5.74) is 0.0415. The van der Waals surface area contributed by atoms with E-state index in [9.17, 15) is 5.11 Å². The standard InChI is InChI=1S/C17H33NO/c1-14(2)11-15-7-6-10-17(12-15,13-19)18-16-8-4-3-5-9-16/h14-16,18-19H,3-13H2,1-2H3. The molecule has 0 aliphatic heterocycles. The van der Waals surface area contributed by atoms with Crippen LogP contribution in [0, 0.1) is 11.8 Å². The van der Waals surface area contributed by atoms with Crippen molar-refractivity contribution in [3.63, 3.8) is 0 Å². The van der Waals surface area contributed by atoms with Crippen molar-refractivity contribution in [2.75, 3.05) is 6.61 Å². The van der Waals surface area contributed by atoms with Crippen LogP contribution in [0.2, 0.25) is 0 Å². The minimum atomic E-state index is 0.0415. The van der Waals surface area contributed by atoms with Gasteiger partial charge in [-0.3, -0.25) is 0 Å². The van der Waals surface area contributed by atoms with E-state index in [0.29, 0.717) is 12.6 Å². The highest BCUT2D eigenvalue weighted by Crippen LogP contribution is 2.36. The summed E-state index contributed by atoms with van der Waals surface area (Å²) in [4.78, 5) is 0.